The first-order valence-electron chi connectivity index (χ1n) is 5.25. The zero-order chi connectivity index (χ0) is 14.0. The van der Waals surface area contributed by atoms with Crippen molar-refractivity contribution in [3.8, 4) is 0 Å². The monoisotopic (exact) mass is 261 g/mol. The van der Waals surface area contributed by atoms with Crippen molar-refractivity contribution >= 4 is 11.7 Å². The molecule has 0 amide bonds. The molecule has 0 saturated heterocycles. The first-order chi connectivity index (χ1) is 8.10. The lowest BCUT2D eigenvalue weighted by Crippen LogP contribution is -2.25. The fourth-order valence-electron chi connectivity index (χ4n) is 0.986. The maximum Gasteiger partial charge on any atom is 0.416 e. The fourth-order valence-corrected chi connectivity index (χ4v) is 0.986. The molecule has 0 spiro atoms. The number of anilines is 1. The van der Waals surface area contributed by atoms with Gasteiger partial charge in [0.1, 0.15) is 0 Å². The zero-order valence-electron chi connectivity index (χ0n) is 10.3. The average molecular weight is 261 g/mol. The Kier molecular flexibility index (Phi) is 3.88. The van der Waals surface area contributed by atoms with Gasteiger partial charge in [-0.3, -0.25) is 0 Å². The summed E-state index contributed by atoms with van der Waals surface area (Å²) in [5.41, 5.74) is 1.15. The number of halogens is 3. The summed E-state index contributed by atoms with van der Waals surface area (Å²) < 4.78 is 36.9. The summed E-state index contributed by atoms with van der Waals surface area (Å²) in [6.07, 6.45) is -4.37. The van der Waals surface area contributed by atoms with Gasteiger partial charge in [-0.25, -0.2) is 10.3 Å². The van der Waals surface area contributed by atoms with Crippen molar-refractivity contribution < 1.29 is 22.8 Å². The minimum absolute atomic E-state index is 0.278. The molecule has 0 heterocycles. The second-order valence-corrected chi connectivity index (χ2v) is 4.82. The van der Waals surface area contributed by atoms with E-state index in [1.165, 1.54) is 12.1 Å². The largest absolute Gasteiger partial charge is 0.416 e. The van der Waals surface area contributed by atoms with E-state index < -0.39 is 23.1 Å². The van der Waals surface area contributed by atoms with Gasteiger partial charge in [0.25, 0.3) is 0 Å². The van der Waals surface area contributed by atoms with E-state index in [4.69, 9.17) is 4.84 Å². The highest BCUT2D eigenvalue weighted by Gasteiger charge is 2.30. The number of hydrogen-bond acceptors (Lipinski definition) is 3. The quantitative estimate of drug-likeness (QED) is 0.826. The van der Waals surface area contributed by atoms with E-state index in [-0.39, 0.29) is 5.69 Å². The van der Waals surface area contributed by atoms with Gasteiger partial charge in [0.15, 0.2) is 0 Å². The SMILES string of the molecule is CC(C)(C)C(=O)ONc1ccc(C(F)(F)F)cc1. The highest BCUT2D eigenvalue weighted by atomic mass is 19.4. The van der Waals surface area contributed by atoms with E-state index in [1.54, 1.807) is 20.8 Å². The van der Waals surface area contributed by atoms with Crippen LogP contribution in [0.2, 0.25) is 0 Å². The lowest BCUT2D eigenvalue weighted by atomic mass is 9.98. The van der Waals surface area contributed by atoms with Gasteiger partial charge in [-0.2, -0.15) is 13.2 Å². The van der Waals surface area contributed by atoms with E-state index in [1.807, 2.05) is 0 Å². The molecule has 0 aliphatic carbocycles. The summed E-state index contributed by atoms with van der Waals surface area (Å²) in [5.74, 6) is -0.498. The summed E-state index contributed by atoms with van der Waals surface area (Å²) in [5, 5.41) is 0. The fraction of sp³-hybridized carbons (Fsp3) is 0.417. The van der Waals surface area contributed by atoms with Gasteiger partial charge in [-0.1, -0.05) is 0 Å². The van der Waals surface area contributed by atoms with Crippen LogP contribution in [-0.4, -0.2) is 5.97 Å². The molecule has 0 atom stereocenters. The van der Waals surface area contributed by atoms with Crippen LogP contribution in [0.25, 0.3) is 0 Å². The average Bonchev–Trinajstić information content (AvgIpc) is 2.24. The van der Waals surface area contributed by atoms with Gasteiger partial charge in [0, 0.05) is 0 Å². The molecule has 0 bridgehead atoms. The molecular weight excluding hydrogens is 247 g/mol. The summed E-state index contributed by atoms with van der Waals surface area (Å²) in [6.45, 7) is 5.01. The third-order valence-electron chi connectivity index (χ3n) is 2.09. The third kappa shape index (κ3) is 3.94. The van der Waals surface area contributed by atoms with E-state index in [9.17, 15) is 18.0 Å². The van der Waals surface area contributed by atoms with E-state index in [0.717, 1.165) is 12.1 Å². The third-order valence-corrected chi connectivity index (χ3v) is 2.09. The number of carbonyl (C=O) groups excluding carboxylic acids is 1. The number of alkyl halides is 3. The van der Waals surface area contributed by atoms with Crippen LogP contribution in [0.5, 0.6) is 0 Å². The van der Waals surface area contributed by atoms with Crippen LogP contribution in [0.3, 0.4) is 0 Å². The molecule has 3 nitrogen and oxygen atoms in total. The van der Waals surface area contributed by atoms with Gasteiger partial charge in [-0.15, -0.1) is 0 Å². The normalized spacial score (nSPS) is 12.1. The smallest absolute Gasteiger partial charge is 0.343 e. The van der Waals surface area contributed by atoms with Crippen LogP contribution in [0.1, 0.15) is 26.3 Å². The van der Waals surface area contributed by atoms with Crippen LogP contribution >= 0.6 is 0 Å². The minimum atomic E-state index is -4.37. The summed E-state index contributed by atoms with van der Waals surface area (Å²) in [6, 6.07) is 4.21. The molecule has 1 aromatic rings. The molecular formula is C12H14F3NO2. The first kappa shape index (κ1) is 14.3. The van der Waals surface area contributed by atoms with E-state index in [0.29, 0.717) is 0 Å². The Balaban J connectivity index is 2.63. The van der Waals surface area contributed by atoms with Gasteiger partial charge < -0.3 is 4.84 Å². The maximum absolute atomic E-state index is 12.3. The van der Waals surface area contributed by atoms with E-state index in [2.05, 4.69) is 5.48 Å². The number of benzene rings is 1. The lowest BCUT2D eigenvalue weighted by molar-refractivity contribution is -0.149. The molecule has 1 N–H and O–H groups in total. The highest BCUT2D eigenvalue weighted by Crippen LogP contribution is 2.29. The van der Waals surface area contributed by atoms with Gasteiger partial charge in [-0.05, 0) is 45.0 Å². The van der Waals surface area contributed by atoms with Crippen molar-refractivity contribution in [1.29, 1.82) is 0 Å². The molecule has 0 aromatic heterocycles. The number of carbonyl (C=O) groups is 1. The molecule has 0 saturated carbocycles. The summed E-state index contributed by atoms with van der Waals surface area (Å²) >= 11 is 0. The zero-order valence-corrected chi connectivity index (χ0v) is 10.3. The molecule has 0 aliphatic rings. The van der Waals surface area contributed by atoms with Crippen molar-refractivity contribution in [3.63, 3.8) is 0 Å². The Morgan fingerprint density at radius 1 is 1.11 bits per heavy atom. The van der Waals surface area contributed by atoms with Crippen LogP contribution < -0.4 is 5.48 Å². The van der Waals surface area contributed by atoms with Gasteiger partial charge in [0.2, 0.25) is 0 Å². The van der Waals surface area contributed by atoms with Gasteiger partial charge in [0.05, 0.1) is 16.7 Å². The first-order valence-corrected chi connectivity index (χ1v) is 5.25. The molecule has 0 fully saturated rings. The number of nitrogens with one attached hydrogen (secondary N) is 1. The second-order valence-electron chi connectivity index (χ2n) is 4.82. The summed E-state index contributed by atoms with van der Waals surface area (Å²) in [7, 11) is 0. The predicted molar refractivity (Wildman–Crippen MR) is 60.6 cm³/mol. The second kappa shape index (κ2) is 4.88. The number of rotatable bonds is 2. The Labute approximate surface area is 103 Å². The molecule has 1 rings (SSSR count). The molecule has 100 valence electrons. The van der Waals surface area contributed by atoms with Crippen LogP contribution in [0.4, 0.5) is 18.9 Å². The molecule has 1 aromatic carbocycles. The van der Waals surface area contributed by atoms with Gasteiger partial charge >= 0.3 is 12.1 Å². The Hall–Kier alpha value is -1.72. The summed E-state index contributed by atoms with van der Waals surface area (Å²) in [4.78, 5) is 16.1. The van der Waals surface area contributed by atoms with Crippen molar-refractivity contribution in [2.45, 2.75) is 26.9 Å². The van der Waals surface area contributed by atoms with Crippen molar-refractivity contribution in [2.75, 3.05) is 5.48 Å². The Bertz CT molecular complexity index is 418. The van der Waals surface area contributed by atoms with Crippen LogP contribution in [-0.2, 0) is 15.8 Å². The molecule has 18 heavy (non-hydrogen) atoms. The van der Waals surface area contributed by atoms with Crippen LogP contribution in [0.15, 0.2) is 24.3 Å². The standard InChI is InChI=1S/C12H14F3NO2/c1-11(2,3)10(17)18-16-9-6-4-8(5-7-9)12(13,14)15/h4-7,16H,1-3H3. The molecule has 0 radical (unpaired) electrons. The van der Waals surface area contributed by atoms with Crippen molar-refractivity contribution in [3.05, 3.63) is 29.8 Å². The maximum atomic E-state index is 12.3. The topological polar surface area (TPSA) is 38.3 Å². The van der Waals surface area contributed by atoms with E-state index >= 15 is 0 Å². The van der Waals surface area contributed by atoms with Crippen molar-refractivity contribution in [2.24, 2.45) is 5.41 Å². The molecule has 6 heteroatoms. The van der Waals surface area contributed by atoms with Crippen LogP contribution in [0, 0.1) is 5.41 Å². The molecule has 0 aliphatic heterocycles. The molecule has 0 unspecified atom stereocenters. The highest BCUT2D eigenvalue weighted by molar-refractivity contribution is 5.76. The number of hydrogen-bond donors (Lipinski definition) is 1. The predicted octanol–water partition coefficient (Wildman–Crippen LogP) is 3.62. The van der Waals surface area contributed by atoms with Crippen molar-refractivity contribution in [1.82, 2.24) is 0 Å². The Morgan fingerprint density at radius 3 is 2.00 bits per heavy atom. The minimum Gasteiger partial charge on any atom is -0.343 e. The lowest BCUT2D eigenvalue weighted by Gasteiger charge is -2.16. The Morgan fingerprint density at radius 2 is 1.61 bits per heavy atom.